The van der Waals surface area contributed by atoms with Crippen LogP contribution in [0.2, 0.25) is 0 Å². The molecule has 1 aliphatic rings. The molecule has 0 spiro atoms. The summed E-state index contributed by atoms with van der Waals surface area (Å²) >= 11 is 2.48. The van der Waals surface area contributed by atoms with Gasteiger partial charge in [-0.2, -0.15) is 4.31 Å². The molecule has 3 rings (SSSR count). The van der Waals surface area contributed by atoms with Crippen LogP contribution in [0.25, 0.3) is 0 Å². The number of thiophene rings is 2. The Balaban J connectivity index is 1.65. The van der Waals surface area contributed by atoms with Crippen molar-refractivity contribution in [1.82, 2.24) is 9.03 Å². The zero-order valence-corrected chi connectivity index (χ0v) is 17.7. The molecule has 0 unspecified atom stereocenters. The largest absolute Gasteiger partial charge is 0.252 e. The third kappa shape index (κ3) is 4.37. The van der Waals surface area contributed by atoms with Gasteiger partial charge in [0.2, 0.25) is 10.0 Å². The lowest BCUT2D eigenvalue weighted by molar-refractivity contribution is 0.267. The van der Waals surface area contributed by atoms with E-state index in [0.29, 0.717) is 17.3 Å². The molecule has 1 N–H and O–H groups in total. The van der Waals surface area contributed by atoms with E-state index >= 15 is 0 Å². The zero-order chi connectivity index (χ0) is 18.8. The van der Waals surface area contributed by atoms with E-state index in [-0.39, 0.29) is 16.7 Å². The van der Waals surface area contributed by atoms with Crippen LogP contribution in [0.3, 0.4) is 0 Å². The molecule has 0 aromatic carbocycles. The summed E-state index contributed by atoms with van der Waals surface area (Å²) in [5.74, 6) is -0.0288. The minimum absolute atomic E-state index is 0.0288. The van der Waals surface area contributed by atoms with Crippen molar-refractivity contribution in [3.63, 3.8) is 0 Å². The number of sulfonamides is 2. The first-order valence-electron chi connectivity index (χ1n) is 8.45. The highest BCUT2D eigenvalue weighted by Crippen LogP contribution is 2.28. The van der Waals surface area contributed by atoms with Gasteiger partial charge in [0.15, 0.2) is 0 Å². The monoisotopic (exact) mass is 434 g/mol. The van der Waals surface area contributed by atoms with Gasteiger partial charge in [-0.25, -0.2) is 21.6 Å². The molecule has 0 aliphatic carbocycles. The Hall–Kier alpha value is -0.780. The highest BCUT2D eigenvalue weighted by molar-refractivity contribution is 7.91. The SMILES string of the molecule is CCc1ccc(S(=O)(=O)N2CCC[C@H](CNS(=O)(=O)c3cccs3)C2)s1. The lowest BCUT2D eigenvalue weighted by Crippen LogP contribution is -2.43. The quantitative estimate of drug-likeness (QED) is 0.726. The second-order valence-corrected chi connectivity index (χ2v) is 12.5. The third-order valence-electron chi connectivity index (χ3n) is 4.38. The lowest BCUT2D eigenvalue weighted by Gasteiger charge is -2.31. The van der Waals surface area contributed by atoms with E-state index in [9.17, 15) is 16.8 Å². The topological polar surface area (TPSA) is 83.6 Å². The summed E-state index contributed by atoms with van der Waals surface area (Å²) in [5.41, 5.74) is 0. The molecule has 1 atom stereocenters. The minimum atomic E-state index is -3.52. The Morgan fingerprint density at radius 1 is 1.19 bits per heavy atom. The van der Waals surface area contributed by atoms with Crippen LogP contribution in [0.15, 0.2) is 38.1 Å². The summed E-state index contributed by atoms with van der Waals surface area (Å²) in [6, 6.07) is 6.78. The summed E-state index contributed by atoms with van der Waals surface area (Å²) in [5, 5.41) is 1.72. The van der Waals surface area contributed by atoms with E-state index in [1.165, 1.54) is 27.0 Å². The minimum Gasteiger partial charge on any atom is -0.210 e. The van der Waals surface area contributed by atoms with E-state index < -0.39 is 20.0 Å². The second-order valence-electron chi connectivity index (χ2n) is 6.23. The molecule has 0 amide bonds. The second kappa shape index (κ2) is 8.07. The van der Waals surface area contributed by atoms with Crippen molar-refractivity contribution in [2.24, 2.45) is 5.92 Å². The van der Waals surface area contributed by atoms with Gasteiger partial charge in [-0.3, -0.25) is 0 Å². The summed E-state index contributed by atoms with van der Waals surface area (Å²) in [6.45, 7) is 3.07. The molecule has 1 fully saturated rings. The van der Waals surface area contributed by atoms with Crippen LogP contribution in [-0.2, 0) is 26.5 Å². The Morgan fingerprint density at radius 3 is 2.65 bits per heavy atom. The van der Waals surface area contributed by atoms with Gasteiger partial charge in [0.05, 0.1) is 0 Å². The van der Waals surface area contributed by atoms with Crippen LogP contribution in [0.4, 0.5) is 0 Å². The van der Waals surface area contributed by atoms with Gasteiger partial charge in [-0.15, -0.1) is 22.7 Å². The van der Waals surface area contributed by atoms with Crippen LogP contribution in [0, 0.1) is 5.92 Å². The smallest absolute Gasteiger partial charge is 0.210 e. The predicted molar refractivity (Wildman–Crippen MR) is 105 cm³/mol. The summed E-state index contributed by atoms with van der Waals surface area (Å²) in [4.78, 5) is 1.04. The number of nitrogens with zero attached hydrogens (tertiary/aromatic N) is 1. The van der Waals surface area contributed by atoms with Crippen LogP contribution < -0.4 is 4.72 Å². The molecule has 1 saturated heterocycles. The van der Waals surface area contributed by atoms with Crippen molar-refractivity contribution in [3.05, 3.63) is 34.5 Å². The fourth-order valence-corrected chi connectivity index (χ4v) is 8.10. The molecule has 6 nitrogen and oxygen atoms in total. The van der Waals surface area contributed by atoms with E-state index in [2.05, 4.69) is 4.72 Å². The Kier molecular flexibility index (Phi) is 6.20. The first-order chi connectivity index (χ1) is 12.3. The van der Waals surface area contributed by atoms with Gasteiger partial charge >= 0.3 is 0 Å². The average molecular weight is 435 g/mol. The fourth-order valence-electron chi connectivity index (χ4n) is 2.94. The van der Waals surface area contributed by atoms with Crippen molar-refractivity contribution in [2.45, 2.75) is 34.6 Å². The summed E-state index contributed by atoms with van der Waals surface area (Å²) in [6.07, 6.45) is 2.35. The zero-order valence-electron chi connectivity index (χ0n) is 14.4. The number of hydrogen-bond acceptors (Lipinski definition) is 6. The van der Waals surface area contributed by atoms with Gasteiger partial charge in [0, 0.05) is 24.5 Å². The van der Waals surface area contributed by atoms with Gasteiger partial charge in [0.25, 0.3) is 10.0 Å². The van der Waals surface area contributed by atoms with E-state index in [0.717, 1.165) is 24.1 Å². The van der Waals surface area contributed by atoms with Gasteiger partial charge in [0.1, 0.15) is 8.42 Å². The Morgan fingerprint density at radius 2 is 2.00 bits per heavy atom. The molecule has 0 bridgehead atoms. The molecule has 10 heteroatoms. The molecule has 2 aromatic heterocycles. The maximum Gasteiger partial charge on any atom is 0.252 e. The predicted octanol–water partition coefficient (Wildman–Crippen LogP) is 2.75. The van der Waals surface area contributed by atoms with E-state index in [1.807, 2.05) is 13.0 Å². The van der Waals surface area contributed by atoms with Crippen molar-refractivity contribution >= 4 is 42.7 Å². The summed E-state index contributed by atoms with van der Waals surface area (Å²) in [7, 11) is -7.02. The molecule has 1 aliphatic heterocycles. The molecule has 0 saturated carbocycles. The van der Waals surface area contributed by atoms with Gasteiger partial charge in [-0.1, -0.05) is 13.0 Å². The summed E-state index contributed by atoms with van der Waals surface area (Å²) < 4.78 is 54.9. The highest BCUT2D eigenvalue weighted by atomic mass is 32.3. The van der Waals surface area contributed by atoms with E-state index in [4.69, 9.17) is 0 Å². The fraction of sp³-hybridized carbons (Fsp3) is 0.500. The molecule has 26 heavy (non-hydrogen) atoms. The van der Waals surface area contributed by atoms with Crippen molar-refractivity contribution in [3.8, 4) is 0 Å². The first-order valence-corrected chi connectivity index (χ1v) is 13.1. The lowest BCUT2D eigenvalue weighted by atomic mass is 10.0. The molecule has 3 heterocycles. The van der Waals surface area contributed by atoms with Crippen LogP contribution >= 0.6 is 22.7 Å². The number of hydrogen-bond donors (Lipinski definition) is 1. The normalized spacial score (nSPS) is 19.7. The Labute approximate surface area is 163 Å². The molecule has 2 aromatic rings. The van der Waals surface area contributed by atoms with Gasteiger partial charge < -0.3 is 0 Å². The maximum atomic E-state index is 12.8. The van der Waals surface area contributed by atoms with Crippen LogP contribution in [0.1, 0.15) is 24.6 Å². The van der Waals surface area contributed by atoms with Crippen molar-refractivity contribution in [2.75, 3.05) is 19.6 Å². The standard InChI is InChI=1S/C16H22N2O4S4/c1-2-14-7-8-16(24-14)26(21,22)18-9-3-5-13(12-18)11-17-25(19,20)15-6-4-10-23-15/h4,6-8,10,13,17H,2-3,5,9,11-12H2,1H3/t13-/m1/s1. The third-order valence-corrected chi connectivity index (χ3v) is 10.8. The molecule has 0 radical (unpaired) electrons. The molecule has 144 valence electrons. The number of nitrogens with one attached hydrogen (secondary N) is 1. The van der Waals surface area contributed by atoms with Crippen molar-refractivity contribution in [1.29, 1.82) is 0 Å². The maximum absolute atomic E-state index is 12.8. The van der Waals surface area contributed by atoms with Crippen molar-refractivity contribution < 1.29 is 16.8 Å². The van der Waals surface area contributed by atoms with Gasteiger partial charge in [-0.05, 0) is 48.8 Å². The average Bonchev–Trinajstić information content (AvgIpc) is 3.32. The highest BCUT2D eigenvalue weighted by Gasteiger charge is 2.31. The molecular weight excluding hydrogens is 412 g/mol. The first kappa shape index (κ1) is 20.0. The number of aryl methyl sites for hydroxylation is 1. The number of rotatable bonds is 7. The Bertz CT molecular complexity index is 933. The molecular formula is C16H22N2O4S4. The van der Waals surface area contributed by atoms with E-state index in [1.54, 1.807) is 23.6 Å². The van der Waals surface area contributed by atoms with Crippen LogP contribution in [0.5, 0.6) is 0 Å². The number of piperidine rings is 1. The van der Waals surface area contributed by atoms with Crippen LogP contribution in [-0.4, -0.2) is 40.8 Å².